The number of nitrogens with one attached hydrogen (secondary N) is 2. The molecular weight excluding hydrogens is 351 g/mol. The first-order valence-corrected chi connectivity index (χ1v) is 7.94. The van der Waals surface area contributed by atoms with Crippen molar-refractivity contribution in [1.82, 2.24) is 5.32 Å². The number of amides is 2. The largest absolute Gasteiger partial charge is 0.497 e. The maximum atomic E-state index is 12.2. The molecule has 0 fully saturated rings. The Morgan fingerprint density at radius 3 is 2.42 bits per heavy atom. The summed E-state index contributed by atoms with van der Waals surface area (Å²) in [5.74, 6) is 1.35. The molecule has 2 rings (SSSR count). The van der Waals surface area contributed by atoms with Crippen LogP contribution in [0.25, 0.3) is 0 Å². The fourth-order valence-electron chi connectivity index (χ4n) is 2.19. The molecule has 0 aliphatic heterocycles. The molecular formula is C17H18Cl2N2O3. The van der Waals surface area contributed by atoms with E-state index in [1.165, 1.54) is 0 Å². The van der Waals surface area contributed by atoms with E-state index in [1.807, 2.05) is 13.0 Å². The van der Waals surface area contributed by atoms with Crippen LogP contribution in [0.2, 0.25) is 10.0 Å². The summed E-state index contributed by atoms with van der Waals surface area (Å²) >= 11 is 11.8. The number of carbonyl (C=O) groups is 1. The normalized spacial score (nSPS) is 11.5. The molecule has 5 nitrogen and oxygen atoms in total. The van der Waals surface area contributed by atoms with Gasteiger partial charge in [0.05, 0.1) is 30.3 Å². The second-order valence-corrected chi connectivity index (χ2v) is 5.87. The molecule has 0 radical (unpaired) electrons. The topological polar surface area (TPSA) is 59.6 Å². The SMILES string of the molecule is COc1ccc(OC)c(C(C)NC(=O)Nc2ccc(Cl)c(Cl)c2)c1. The summed E-state index contributed by atoms with van der Waals surface area (Å²) in [7, 11) is 3.16. The minimum atomic E-state index is -0.370. The molecule has 0 aliphatic rings. The van der Waals surface area contributed by atoms with Crippen LogP contribution in [0.1, 0.15) is 18.5 Å². The van der Waals surface area contributed by atoms with Gasteiger partial charge in [0, 0.05) is 11.3 Å². The van der Waals surface area contributed by atoms with Crippen LogP contribution in [-0.2, 0) is 0 Å². The van der Waals surface area contributed by atoms with Crippen LogP contribution >= 0.6 is 23.2 Å². The lowest BCUT2D eigenvalue weighted by atomic mass is 10.1. The van der Waals surface area contributed by atoms with Crippen LogP contribution < -0.4 is 20.1 Å². The van der Waals surface area contributed by atoms with Crippen LogP contribution in [0.4, 0.5) is 10.5 Å². The van der Waals surface area contributed by atoms with E-state index in [-0.39, 0.29) is 12.1 Å². The highest BCUT2D eigenvalue weighted by molar-refractivity contribution is 6.42. The summed E-state index contributed by atoms with van der Waals surface area (Å²) < 4.78 is 10.6. The van der Waals surface area contributed by atoms with Gasteiger partial charge in [0.1, 0.15) is 11.5 Å². The average molecular weight is 369 g/mol. The van der Waals surface area contributed by atoms with E-state index < -0.39 is 0 Å². The highest BCUT2D eigenvalue weighted by Crippen LogP contribution is 2.29. The van der Waals surface area contributed by atoms with E-state index in [4.69, 9.17) is 32.7 Å². The van der Waals surface area contributed by atoms with Gasteiger partial charge in [0.2, 0.25) is 0 Å². The van der Waals surface area contributed by atoms with E-state index in [9.17, 15) is 4.79 Å². The first-order valence-electron chi connectivity index (χ1n) is 7.19. The van der Waals surface area contributed by atoms with Crippen molar-refractivity contribution in [3.05, 3.63) is 52.0 Å². The van der Waals surface area contributed by atoms with Crippen molar-refractivity contribution < 1.29 is 14.3 Å². The monoisotopic (exact) mass is 368 g/mol. The third kappa shape index (κ3) is 4.46. The van der Waals surface area contributed by atoms with Gasteiger partial charge in [-0.15, -0.1) is 0 Å². The van der Waals surface area contributed by atoms with Gasteiger partial charge in [0.25, 0.3) is 0 Å². The molecule has 0 bridgehead atoms. The molecule has 0 heterocycles. The predicted molar refractivity (Wildman–Crippen MR) is 96.6 cm³/mol. The van der Waals surface area contributed by atoms with Gasteiger partial charge in [-0.25, -0.2) is 4.79 Å². The summed E-state index contributed by atoms with van der Waals surface area (Å²) in [4.78, 5) is 12.2. The lowest BCUT2D eigenvalue weighted by Crippen LogP contribution is -2.31. The number of methoxy groups -OCH3 is 2. The van der Waals surface area contributed by atoms with Gasteiger partial charge in [0.15, 0.2) is 0 Å². The fraction of sp³-hybridized carbons (Fsp3) is 0.235. The lowest BCUT2D eigenvalue weighted by Gasteiger charge is -2.18. The molecule has 0 saturated carbocycles. The Morgan fingerprint density at radius 2 is 1.79 bits per heavy atom. The Labute approximate surface area is 150 Å². The van der Waals surface area contributed by atoms with E-state index in [0.717, 1.165) is 5.56 Å². The number of benzene rings is 2. The van der Waals surface area contributed by atoms with Crippen LogP contribution in [-0.4, -0.2) is 20.3 Å². The van der Waals surface area contributed by atoms with Crippen molar-refractivity contribution in [3.63, 3.8) is 0 Å². The van der Waals surface area contributed by atoms with E-state index in [0.29, 0.717) is 27.2 Å². The zero-order valence-corrected chi connectivity index (χ0v) is 15.0. The Kier molecular flexibility index (Phi) is 6.17. The number of hydrogen-bond donors (Lipinski definition) is 2. The van der Waals surface area contributed by atoms with E-state index in [2.05, 4.69) is 10.6 Å². The molecule has 2 aromatic rings. The van der Waals surface area contributed by atoms with Gasteiger partial charge >= 0.3 is 6.03 Å². The average Bonchev–Trinajstić information content (AvgIpc) is 2.57. The Bertz CT molecular complexity index is 738. The quantitative estimate of drug-likeness (QED) is 0.789. The van der Waals surface area contributed by atoms with E-state index >= 15 is 0 Å². The zero-order valence-electron chi connectivity index (χ0n) is 13.5. The standard InChI is InChI=1S/C17H18Cl2N2O3/c1-10(13-9-12(23-2)5-7-16(13)24-3)20-17(22)21-11-4-6-14(18)15(19)8-11/h4-10H,1-3H3,(H2,20,21,22). The van der Waals surface area contributed by atoms with Crippen molar-refractivity contribution in [2.45, 2.75) is 13.0 Å². The second-order valence-electron chi connectivity index (χ2n) is 5.06. The van der Waals surface area contributed by atoms with Crippen LogP contribution in [0.3, 0.4) is 0 Å². The molecule has 0 spiro atoms. The number of rotatable bonds is 5. The first kappa shape index (κ1) is 18.2. The highest BCUT2D eigenvalue weighted by atomic mass is 35.5. The molecule has 0 aromatic heterocycles. The van der Waals surface area contributed by atoms with Gasteiger partial charge in [-0.1, -0.05) is 23.2 Å². The number of hydrogen-bond acceptors (Lipinski definition) is 3. The molecule has 24 heavy (non-hydrogen) atoms. The number of carbonyl (C=O) groups excluding carboxylic acids is 1. The van der Waals surface area contributed by atoms with Gasteiger partial charge < -0.3 is 20.1 Å². The summed E-state index contributed by atoms with van der Waals surface area (Å²) in [6, 6.07) is 9.62. The lowest BCUT2D eigenvalue weighted by molar-refractivity contribution is 0.249. The molecule has 2 aromatic carbocycles. The molecule has 0 saturated heterocycles. The third-order valence-electron chi connectivity index (χ3n) is 3.43. The summed E-state index contributed by atoms with van der Waals surface area (Å²) in [6.07, 6.45) is 0. The van der Waals surface area contributed by atoms with Crippen molar-refractivity contribution in [1.29, 1.82) is 0 Å². The minimum absolute atomic E-state index is 0.294. The van der Waals surface area contributed by atoms with Crippen LogP contribution in [0.5, 0.6) is 11.5 Å². The Morgan fingerprint density at radius 1 is 1.04 bits per heavy atom. The first-order chi connectivity index (χ1) is 11.4. The van der Waals surface area contributed by atoms with Crippen molar-refractivity contribution in [2.24, 2.45) is 0 Å². The van der Waals surface area contributed by atoms with Crippen molar-refractivity contribution in [2.75, 3.05) is 19.5 Å². The minimum Gasteiger partial charge on any atom is -0.497 e. The second kappa shape index (κ2) is 8.13. The van der Waals surface area contributed by atoms with Gasteiger partial charge in [-0.05, 0) is 43.3 Å². The number of anilines is 1. The molecule has 2 amide bonds. The molecule has 1 unspecified atom stereocenters. The maximum Gasteiger partial charge on any atom is 0.319 e. The smallest absolute Gasteiger partial charge is 0.319 e. The Balaban J connectivity index is 2.09. The number of urea groups is 1. The van der Waals surface area contributed by atoms with Crippen molar-refractivity contribution >= 4 is 34.9 Å². The number of ether oxygens (including phenoxy) is 2. The summed E-state index contributed by atoms with van der Waals surface area (Å²) in [5, 5.41) is 6.35. The van der Waals surface area contributed by atoms with Crippen LogP contribution in [0, 0.1) is 0 Å². The highest BCUT2D eigenvalue weighted by Gasteiger charge is 2.15. The molecule has 7 heteroatoms. The third-order valence-corrected chi connectivity index (χ3v) is 4.17. The summed E-state index contributed by atoms with van der Waals surface area (Å²) in [6.45, 7) is 1.85. The van der Waals surface area contributed by atoms with E-state index in [1.54, 1.807) is 44.6 Å². The molecule has 0 aliphatic carbocycles. The molecule has 2 N–H and O–H groups in total. The summed E-state index contributed by atoms with van der Waals surface area (Å²) in [5.41, 5.74) is 1.35. The van der Waals surface area contributed by atoms with Crippen molar-refractivity contribution in [3.8, 4) is 11.5 Å². The van der Waals surface area contributed by atoms with Gasteiger partial charge in [-0.2, -0.15) is 0 Å². The molecule has 1 atom stereocenters. The van der Waals surface area contributed by atoms with Crippen LogP contribution in [0.15, 0.2) is 36.4 Å². The zero-order chi connectivity index (χ0) is 17.7. The predicted octanol–water partition coefficient (Wildman–Crippen LogP) is 4.89. The fourth-order valence-corrected chi connectivity index (χ4v) is 2.49. The van der Waals surface area contributed by atoms with Gasteiger partial charge in [-0.3, -0.25) is 0 Å². The molecule has 128 valence electrons. The Hall–Kier alpha value is -2.11. The number of halogens is 2. The maximum absolute atomic E-state index is 12.2.